The van der Waals surface area contributed by atoms with E-state index in [-0.39, 0.29) is 11.3 Å². The molecule has 3 aromatic heterocycles. The van der Waals surface area contributed by atoms with Crippen LogP contribution in [0, 0.1) is 6.92 Å². The molecule has 0 bridgehead atoms. The Hall–Kier alpha value is -4.28. The van der Waals surface area contributed by atoms with Gasteiger partial charge in [-0.2, -0.15) is 0 Å². The fourth-order valence-corrected chi connectivity index (χ4v) is 6.71. The lowest BCUT2D eigenvalue weighted by molar-refractivity contribution is -0.132. The number of ketones is 1. The number of thioether (sulfide) groups is 1. The van der Waals surface area contributed by atoms with Crippen molar-refractivity contribution in [3.8, 4) is 0 Å². The number of nitrogens with zero attached hydrogens (tertiary/aromatic N) is 5. The second-order valence-electron chi connectivity index (χ2n) is 9.36. The zero-order valence-electron chi connectivity index (χ0n) is 21.8. The van der Waals surface area contributed by atoms with Gasteiger partial charge in [-0.05, 0) is 42.2 Å². The lowest BCUT2D eigenvalue weighted by Gasteiger charge is -2.22. The largest absolute Gasteiger partial charge is 0.505 e. The summed E-state index contributed by atoms with van der Waals surface area (Å²) in [6, 6.07) is 22.3. The highest BCUT2D eigenvalue weighted by atomic mass is 32.2. The Balaban J connectivity index is 1.45. The zero-order chi connectivity index (χ0) is 27.8. The van der Waals surface area contributed by atoms with Crippen molar-refractivity contribution < 1.29 is 14.7 Å². The molecule has 200 valence electrons. The Morgan fingerprint density at radius 2 is 1.73 bits per heavy atom. The molecule has 1 aliphatic heterocycles. The molecule has 0 saturated carbocycles. The molecule has 1 amide bonds. The van der Waals surface area contributed by atoms with Crippen LogP contribution in [0.15, 0.2) is 88.9 Å². The molecule has 10 heteroatoms. The standard InChI is InChI=1S/C30H25N5O3S2/c1-3-19-12-14-21(15-13-19)25-23(26(36)24-18(2)31-22-11-7-8-16-34(22)24)27(37)28(38)35(25)29-32-33-30(40-29)39-17-20-9-5-4-6-10-20/h4-16,25,36H,3,17H2,1-2H3/b26-23+. The van der Waals surface area contributed by atoms with E-state index < -0.39 is 17.7 Å². The number of fused-ring (bicyclic) bond motifs is 1. The second-order valence-corrected chi connectivity index (χ2v) is 11.5. The second kappa shape index (κ2) is 10.7. The molecular formula is C30H25N5O3S2. The average Bonchev–Trinajstić information content (AvgIpc) is 3.66. The van der Waals surface area contributed by atoms with Crippen LogP contribution in [0.1, 0.15) is 41.0 Å². The van der Waals surface area contributed by atoms with Gasteiger partial charge in [0.25, 0.3) is 5.78 Å². The molecule has 1 aliphatic rings. The van der Waals surface area contributed by atoms with Gasteiger partial charge in [-0.25, -0.2) is 4.98 Å². The van der Waals surface area contributed by atoms with E-state index in [2.05, 4.69) is 22.1 Å². The van der Waals surface area contributed by atoms with Gasteiger partial charge in [-0.1, -0.05) is 90.7 Å². The highest BCUT2D eigenvalue weighted by Crippen LogP contribution is 2.44. The van der Waals surface area contributed by atoms with Crippen LogP contribution in [0.5, 0.6) is 0 Å². The first-order chi connectivity index (χ1) is 19.5. The van der Waals surface area contributed by atoms with E-state index in [9.17, 15) is 14.7 Å². The van der Waals surface area contributed by atoms with Gasteiger partial charge in [0.1, 0.15) is 11.3 Å². The van der Waals surface area contributed by atoms with E-state index in [1.54, 1.807) is 17.5 Å². The number of anilines is 1. The molecule has 2 aromatic carbocycles. The Kier molecular flexibility index (Phi) is 6.95. The summed E-state index contributed by atoms with van der Waals surface area (Å²) in [7, 11) is 0. The van der Waals surface area contributed by atoms with Crippen molar-refractivity contribution in [3.63, 3.8) is 0 Å². The van der Waals surface area contributed by atoms with Gasteiger partial charge >= 0.3 is 5.91 Å². The predicted octanol–water partition coefficient (Wildman–Crippen LogP) is 5.98. The normalized spacial score (nSPS) is 16.8. The van der Waals surface area contributed by atoms with Crippen LogP contribution in [-0.4, -0.2) is 36.4 Å². The van der Waals surface area contributed by atoms with Crippen molar-refractivity contribution >= 4 is 51.3 Å². The summed E-state index contributed by atoms with van der Waals surface area (Å²) in [6.45, 7) is 3.83. The van der Waals surface area contributed by atoms with E-state index in [0.717, 1.165) is 17.5 Å². The van der Waals surface area contributed by atoms with E-state index in [1.165, 1.54) is 28.0 Å². The van der Waals surface area contributed by atoms with Gasteiger partial charge in [0, 0.05) is 11.9 Å². The first-order valence-electron chi connectivity index (χ1n) is 12.8. The van der Waals surface area contributed by atoms with Crippen LogP contribution in [0.2, 0.25) is 0 Å². The maximum Gasteiger partial charge on any atom is 0.301 e. The Bertz CT molecular complexity index is 1760. The Morgan fingerprint density at radius 1 is 0.975 bits per heavy atom. The van der Waals surface area contributed by atoms with Crippen LogP contribution in [0.3, 0.4) is 0 Å². The first kappa shape index (κ1) is 26.0. The van der Waals surface area contributed by atoms with Crippen LogP contribution in [-0.2, 0) is 21.8 Å². The summed E-state index contributed by atoms with van der Waals surface area (Å²) in [5.74, 6) is -1.11. The van der Waals surface area contributed by atoms with Crippen LogP contribution >= 0.6 is 23.1 Å². The molecule has 1 N–H and O–H groups in total. The van der Waals surface area contributed by atoms with Crippen LogP contribution in [0.4, 0.5) is 5.13 Å². The molecule has 1 saturated heterocycles. The fourth-order valence-electron chi connectivity index (χ4n) is 4.88. The number of hydrogen-bond acceptors (Lipinski definition) is 8. The topological polar surface area (TPSA) is 101 Å². The molecule has 4 heterocycles. The fraction of sp³-hybridized carbons (Fsp3) is 0.167. The lowest BCUT2D eigenvalue weighted by atomic mass is 9.95. The molecule has 0 spiro atoms. The number of hydrogen-bond donors (Lipinski definition) is 1. The van der Waals surface area contributed by atoms with Gasteiger partial charge in [0.05, 0.1) is 17.3 Å². The summed E-state index contributed by atoms with van der Waals surface area (Å²) < 4.78 is 2.40. The van der Waals surface area contributed by atoms with E-state index >= 15 is 0 Å². The minimum Gasteiger partial charge on any atom is -0.505 e. The predicted molar refractivity (Wildman–Crippen MR) is 156 cm³/mol. The monoisotopic (exact) mass is 567 g/mol. The number of aryl methyl sites for hydroxylation is 2. The minimum atomic E-state index is -0.875. The molecular weight excluding hydrogens is 542 g/mol. The number of aliphatic hydroxyl groups is 1. The third kappa shape index (κ3) is 4.59. The maximum atomic E-state index is 13.6. The van der Waals surface area contributed by atoms with Crippen LogP contribution < -0.4 is 4.90 Å². The number of benzene rings is 2. The van der Waals surface area contributed by atoms with Crippen molar-refractivity contribution in [2.24, 2.45) is 0 Å². The van der Waals surface area contributed by atoms with Crippen molar-refractivity contribution in [2.45, 2.75) is 36.4 Å². The molecule has 6 rings (SSSR count). The Morgan fingerprint density at radius 3 is 2.48 bits per heavy atom. The summed E-state index contributed by atoms with van der Waals surface area (Å²) >= 11 is 2.76. The zero-order valence-corrected chi connectivity index (χ0v) is 23.4. The molecule has 1 unspecified atom stereocenters. The number of Topliss-reactive ketones (excluding diaryl/α,β-unsaturated/α-hetero) is 1. The molecule has 0 aliphatic carbocycles. The van der Waals surface area contributed by atoms with E-state index in [1.807, 2.05) is 72.8 Å². The van der Waals surface area contributed by atoms with Crippen molar-refractivity contribution in [1.82, 2.24) is 19.6 Å². The van der Waals surface area contributed by atoms with Crippen molar-refractivity contribution in [3.05, 3.63) is 113 Å². The number of carbonyl (C=O) groups excluding carboxylic acids is 2. The van der Waals surface area contributed by atoms with Gasteiger partial charge in [-0.3, -0.25) is 18.9 Å². The number of pyridine rings is 1. The number of amides is 1. The highest BCUT2D eigenvalue weighted by molar-refractivity contribution is 8.00. The number of rotatable bonds is 7. The SMILES string of the molecule is CCc1ccc(C2/C(=C(\O)c3c(C)nc4ccccn34)C(=O)C(=O)N2c2nnc(SCc3ccccc3)s2)cc1. The number of imidazole rings is 1. The molecule has 8 nitrogen and oxygen atoms in total. The van der Waals surface area contributed by atoms with E-state index in [4.69, 9.17) is 0 Å². The molecule has 1 atom stereocenters. The van der Waals surface area contributed by atoms with Gasteiger partial charge in [-0.15, -0.1) is 10.2 Å². The van der Waals surface area contributed by atoms with E-state index in [0.29, 0.717) is 37.8 Å². The minimum absolute atomic E-state index is 0.00306. The number of aromatic nitrogens is 4. The Labute approximate surface area is 239 Å². The third-order valence-corrected chi connectivity index (χ3v) is 9.01. The van der Waals surface area contributed by atoms with Crippen LogP contribution in [0.25, 0.3) is 11.4 Å². The third-order valence-electron chi connectivity index (χ3n) is 6.88. The first-order valence-corrected chi connectivity index (χ1v) is 14.6. The highest BCUT2D eigenvalue weighted by Gasteiger charge is 2.48. The maximum absolute atomic E-state index is 13.6. The smallest absolute Gasteiger partial charge is 0.301 e. The molecule has 40 heavy (non-hydrogen) atoms. The summed E-state index contributed by atoms with van der Waals surface area (Å²) in [4.78, 5) is 33.1. The summed E-state index contributed by atoms with van der Waals surface area (Å²) in [6.07, 6.45) is 2.62. The number of carbonyl (C=O) groups is 2. The van der Waals surface area contributed by atoms with Crippen molar-refractivity contribution in [2.75, 3.05) is 4.90 Å². The van der Waals surface area contributed by atoms with Crippen molar-refractivity contribution in [1.29, 1.82) is 0 Å². The quantitative estimate of drug-likeness (QED) is 0.0850. The summed E-state index contributed by atoms with van der Waals surface area (Å²) in [5, 5.41) is 20.6. The summed E-state index contributed by atoms with van der Waals surface area (Å²) in [5.41, 5.74) is 4.50. The van der Waals surface area contributed by atoms with Gasteiger partial charge in [0.15, 0.2) is 10.1 Å². The number of aliphatic hydroxyl groups excluding tert-OH is 1. The lowest BCUT2D eigenvalue weighted by Crippen LogP contribution is -2.29. The molecule has 0 radical (unpaired) electrons. The van der Waals surface area contributed by atoms with Gasteiger partial charge < -0.3 is 5.11 Å². The average molecular weight is 568 g/mol. The molecule has 5 aromatic rings. The molecule has 1 fully saturated rings. The van der Waals surface area contributed by atoms with Gasteiger partial charge in [0.2, 0.25) is 5.13 Å².